The molecular weight excluding hydrogens is 460 g/mol. The fourth-order valence-corrected chi connectivity index (χ4v) is 3.37. The van der Waals surface area contributed by atoms with Gasteiger partial charge in [-0.3, -0.25) is 4.79 Å². The van der Waals surface area contributed by atoms with Crippen molar-refractivity contribution in [1.29, 1.82) is 0 Å². The van der Waals surface area contributed by atoms with Gasteiger partial charge in [-0.2, -0.15) is 0 Å². The first-order valence-corrected chi connectivity index (χ1v) is 11.8. The molecule has 0 spiro atoms. The van der Waals surface area contributed by atoms with Gasteiger partial charge in [0.1, 0.15) is 16.8 Å². The highest BCUT2D eigenvalue weighted by molar-refractivity contribution is 5.91. The summed E-state index contributed by atoms with van der Waals surface area (Å²) in [5.41, 5.74) is 2.28. The van der Waals surface area contributed by atoms with Crippen molar-refractivity contribution < 1.29 is 23.9 Å². The van der Waals surface area contributed by atoms with Gasteiger partial charge in [0.15, 0.2) is 0 Å². The topological polar surface area (TPSA) is 111 Å². The minimum atomic E-state index is -0.592. The first kappa shape index (κ1) is 26.7. The smallest absolute Gasteiger partial charge is 0.407 e. The number of imidazole rings is 1. The number of hydrogen-bond donors (Lipinski definition) is 2. The number of benzene rings is 1. The largest absolute Gasteiger partial charge is 0.456 e. The summed E-state index contributed by atoms with van der Waals surface area (Å²) in [6, 6.07) is 10.9. The average Bonchev–Trinajstić information content (AvgIpc) is 3.20. The summed E-state index contributed by atoms with van der Waals surface area (Å²) < 4.78 is 12.5. The van der Waals surface area contributed by atoms with Crippen LogP contribution in [0.1, 0.15) is 63.9 Å². The third-order valence-electron chi connectivity index (χ3n) is 4.85. The number of carbonyl (C=O) groups is 3. The number of rotatable bonds is 7. The van der Waals surface area contributed by atoms with E-state index >= 15 is 0 Å². The zero-order valence-corrected chi connectivity index (χ0v) is 21.7. The molecule has 3 aromatic rings. The Hall–Kier alpha value is -3.88. The summed E-state index contributed by atoms with van der Waals surface area (Å²) in [6.07, 6.45) is 3.32. The van der Waals surface area contributed by atoms with Crippen LogP contribution in [0.25, 0.3) is 16.9 Å². The van der Waals surface area contributed by atoms with E-state index in [4.69, 9.17) is 14.5 Å². The highest BCUT2D eigenvalue weighted by Gasteiger charge is 2.19. The molecule has 3 rings (SSSR count). The molecule has 0 unspecified atom stereocenters. The van der Waals surface area contributed by atoms with Crippen molar-refractivity contribution in [2.75, 3.05) is 6.54 Å². The molecule has 2 aromatic heterocycles. The number of esters is 1. The van der Waals surface area contributed by atoms with Crippen molar-refractivity contribution in [2.24, 2.45) is 0 Å². The molecule has 0 saturated carbocycles. The van der Waals surface area contributed by atoms with E-state index in [9.17, 15) is 14.4 Å². The van der Waals surface area contributed by atoms with Crippen LogP contribution in [0, 0.1) is 0 Å². The maximum Gasteiger partial charge on any atom is 0.407 e. The average molecular weight is 495 g/mol. The van der Waals surface area contributed by atoms with Gasteiger partial charge in [-0.1, -0.05) is 18.2 Å². The third kappa shape index (κ3) is 7.83. The van der Waals surface area contributed by atoms with E-state index in [2.05, 4.69) is 10.6 Å². The fraction of sp³-hybridized carbons (Fsp3) is 0.407. The van der Waals surface area contributed by atoms with E-state index in [1.165, 1.54) is 0 Å². The summed E-state index contributed by atoms with van der Waals surface area (Å²) in [7, 11) is 0. The molecule has 0 fully saturated rings. The predicted molar refractivity (Wildman–Crippen MR) is 136 cm³/mol. The summed E-state index contributed by atoms with van der Waals surface area (Å²) in [5.74, 6) is -0.595. The van der Waals surface area contributed by atoms with Crippen LogP contribution in [-0.2, 0) is 20.8 Å². The molecule has 1 aromatic carbocycles. The van der Waals surface area contributed by atoms with Crippen LogP contribution in [0.5, 0.6) is 0 Å². The summed E-state index contributed by atoms with van der Waals surface area (Å²) in [6.45, 7) is 11.3. The minimum absolute atomic E-state index is 0.125. The van der Waals surface area contributed by atoms with E-state index in [-0.39, 0.29) is 25.4 Å². The lowest BCUT2D eigenvalue weighted by molar-refractivity contribution is -0.121. The van der Waals surface area contributed by atoms with E-state index in [1.54, 1.807) is 39.0 Å². The lowest BCUT2D eigenvalue weighted by atomic mass is 10.1. The molecule has 0 atom stereocenters. The van der Waals surface area contributed by atoms with E-state index in [0.29, 0.717) is 16.9 Å². The Balaban J connectivity index is 1.65. The normalized spacial score (nSPS) is 11.7. The van der Waals surface area contributed by atoms with Crippen molar-refractivity contribution in [1.82, 2.24) is 20.0 Å². The number of hydrogen-bond acceptors (Lipinski definition) is 6. The quantitative estimate of drug-likeness (QED) is 0.468. The van der Waals surface area contributed by atoms with Crippen LogP contribution in [0.15, 0.2) is 48.8 Å². The number of nitrogens with one attached hydrogen (secondary N) is 2. The minimum Gasteiger partial charge on any atom is -0.456 e. The van der Waals surface area contributed by atoms with Crippen molar-refractivity contribution in [3.63, 3.8) is 0 Å². The molecule has 0 saturated heterocycles. The Kier molecular flexibility index (Phi) is 8.02. The standard InChI is InChI=1S/C27H34N4O5/c1-26(2,3)35-24(33)19-10-7-9-18(15-19)21-17-31-14-8-11-20(23(31)30-21)16-29-22(32)12-13-28-25(34)36-27(4,5)6/h7-11,14-15,17H,12-13,16H2,1-6H3,(H,28,34)(H,29,32). The Morgan fingerprint density at radius 3 is 2.36 bits per heavy atom. The SMILES string of the molecule is CC(C)(C)OC(=O)NCCC(=O)NCc1cccn2cc(-c3cccc(C(=O)OC(C)(C)C)c3)nc12. The molecule has 0 bridgehead atoms. The molecule has 9 heteroatoms. The molecule has 9 nitrogen and oxygen atoms in total. The second-order valence-corrected chi connectivity index (χ2v) is 10.4. The maximum absolute atomic E-state index is 12.5. The van der Waals surface area contributed by atoms with Crippen LogP contribution >= 0.6 is 0 Å². The molecule has 0 radical (unpaired) electrons. The second kappa shape index (κ2) is 10.8. The van der Waals surface area contributed by atoms with Crippen molar-refractivity contribution in [2.45, 2.75) is 65.7 Å². The van der Waals surface area contributed by atoms with Crippen LogP contribution in [0.2, 0.25) is 0 Å². The second-order valence-electron chi connectivity index (χ2n) is 10.4. The molecule has 0 aliphatic carbocycles. The van der Waals surface area contributed by atoms with E-state index in [1.807, 2.05) is 55.8 Å². The number of alkyl carbamates (subject to hydrolysis) is 1. The fourth-order valence-electron chi connectivity index (χ4n) is 3.37. The number of pyridine rings is 1. The maximum atomic E-state index is 12.5. The number of ether oxygens (including phenoxy) is 2. The van der Waals surface area contributed by atoms with Gasteiger partial charge in [-0.15, -0.1) is 0 Å². The number of amides is 2. The van der Waals surface area contributed by atoms with Crippen molar-refractivity contribution in [3.05, 3.63) is 59.9 Å². The molecule has 2 N–H and O–H groups in total. The van der Waals surface area contributed by atoms with Crippen LogP contribution < -0.4 is 10.6 Å². The Labute approximate surface area is 211 Å². The Morgan fingerprint density at radius 2 is 1.67 bits per heavy atom. The zero-order chi connectivity index (χ0) is 26.5. The summed E-state index contributed by atoms with van der Waals surface area (Å²) in [4.78, 5) is 41.2. The zero-order valence-electron chi connectivity index (χ0n) is 21.7. The van der Waals surface area contributed by atoms with Crippen LogP contribution in [-0.4, -0.2) is 45.1 Å². The van der Waals surface area contributed by atoms with Gasteiger partial charge >= 0.3 is 12.1 Å². The predicted octanol–water partition coefficient (Wildman–Crippen LogP) is 4.49. The Bertz CT molecular complexity index is 1250. The lowest BCUT2D eigenvalue weighted by Crippen LogP contribution is -2.35. The highest BCUT2D eigenvalue weighted by Crippen LogP contribution is 2.23. The molecular formula is C27H34N4O5. The van der Waals surface area contributed by atoms with Gasteiger partial charge in [-0.05, 0) is 59.7 Å². The number of fused-ring (bicyclic) bond motifs is 1. The van der Waals surface area contributed by atoms with Gasteiger partial charge in [-0.25, -0.2) is 14.6 Å². The monoisotopic (exact) mass is 494 g/mol. The van der Waals surface area contributed by atoms with E-state index < -0.39 is 23.3 Å². The van der Waals surface area contributed by atoms with Crippen molar-refractivity contribution in [3.8, 4) is 11.3 Å². The number of carbonyl (C=O) groups excluding carboxylic acids is 3. The van der Waals surface area contributed by atoms with Gasteiger partial charge in [0.25, 0.3) is 0 Å². The van der Waals surface area contributed by atoms with Crippen LogP contribution in [0.3, 0.4) is 0 Å². The molecule has 0 aliphatic rings. The highest BCUT2D eigenvalue weighted by atomic mass is 16.6. The molecule has 2 amide bonds. The number of aromatic nitrogens is 2. The van der Waals surface area contributed by atoms with Gasteiger partial charge in [0.2, 0.25) is 5.91 Å². The molecule has 36 heavy (non-hydrogen) atoms. The number of nitrogens with zero attached hydrogens (tertiary/aromatic N) is 2. The van der Waals surface area contributed by atoms with Crippen molar-refractivity contribution >= 4 is 23.6 Å². The molecule has 0 aliphatic heterocycles. The van der Waals surface area contributed by atoms with Crippen LogP contribution in [0.4, 0.5) is 4.79 Å². The first-order valence-electron chi connectivity index (χ1n) is 11.8. The van der Waals surface area contributed by atoms with Gasteiger partial charge in [0.05, 0.1) is 11.3 Å². The summed E-state index contributed by atoms with van der Waals surface area (Å²) in [5, 5.41) is 5.44. The van der Waals surface area contributed by atoms with E-state index in [0.717, 1.165) is 11.1 Å². The summed E-state index contributed by atoms with van der Waals surface area (Å²) >= 11 is 0. The van der Waals surface area contributed by atoms with Gasteiger partial charge < -0.3 is 24.5 Å². The first-order chi connectivity index (χ1) is 16.8. The lowest BCUT2D eigenvalue weighted by Gasteiger charge is -2.19. The molecule has 192 valence electrons. The van der Waals surface area contributed by atoms with Gasteiger partial charge in [0, 0.05) is 43.0 Å². The Morgan fingerprint density at radius 1 is 0.944 bits per heavy atom. The third-order valence-corrected chi connectivity index (χ3v) is 4.85. The molecule has 2 heterocycles.